The Hall–Kier alpha value is -3.28. The highest BCUT2D eigenvalue weighted by Gasteiger charge is 2.34. The number of carboxylic acids is 1. The first-order chi connectivity index (χ1) is 21.4. The number of ether oxygens (including phenoxy) is 2. The molecule has 0 saturated carbocycles. The van der Waals surface area contributed by atoms with Crippen molar-refractivity contribution in [3.05, 3.63) is 47.0 Å². The molecule has 11 nitrogen and oxygen atoms in total. The molecule has 0 radical (unpaired) electrons. The van der Waals surface area contributed by atoms with E-state index < -0.39 is 60.6 Å². The minimum Gasteiger partial charge on any atom is -0.507 e. The standard InChI is InChI=1S/C35H54O11/c1-9-26(30(39)17-32(41)42)12-10-11-19(2)15-20(3)13-14-27(36)23(6)29(38)16-28(37)21(4)24(7)45-33(43)18-31(40)34-22(5)25(8)46-35(34)44/h12,17,19-21,23-24,27-28,31,36-37,39-40H,8-11,13-16,18H2,1-7H3,(H,41,42)/b26-12+,30-17-/t19-,20?,21+,23-,24+,27?,28?,31?/m0/s1. The number of aliphatic hydroxyl groups excluding tert-OH is 4. The average Bonchev–Trinajstić information content (AvgIpc) is 3.22. The lowest BCUT2D eigenvalue weighted by molar-refractivity contribution is -0.154. The maximum absolute atomic E-state index is 12.9. The zero-order valence-corrected chi connectivity index (χ0v) is 28.3. The number of hydrogen-bond donors (Lipinski definition) is 5. The van der Waals surface area contributed by atoms with Crippen LogP contribution in [0.25, 0.3) is 0 Å². The number of hydrogen-bond acceptors (Lipinski definition) is 10. The van der Waals surface area contributed by atoms with Gasteiger partial charge in [-0.3, -0.25) is 9.59 Å². The highest BCUT2D eigenvalue weighted by atomic mass is 16.5. The van der Waals surface area contributed by atoms with E-state index >= 15 is 0 Å². The van der Waals surface area contributed by atoms with E-state index in [4.69, 9.17) is 14.6 Å². The molecule has 5 N–H and O–H groups in total. The lowest BCUT2D eigenvalue weighted by atomic mass is 9.85. The van der Waals surface area contributed by atoms with Crippen LogP contribution >= 0.6 is 0 Å². The van der Waals surface area contributed by atoms with Crippen LogP contribution < -0.4 is 0 Å². The molecule has 46 heavy (non-hydrogen) atoms. The van der Waals surface area contributed by atoms with Gasteiger partial charge in [-0.05, 0) is 69.8 Å². The van der Waals surface area contributed by atoms with E-state index in [1.165, 1.54) is 0 Å². The van der Waals surface area contributed by atoms with E-state index in [0.717, 1.165) is 18.9 Å². The SMILES string of the molecule is C=C1OC(=O)C(C(O)CC(=O)O[C@H](C)[C@@H](C)C(O)CC(=O)[C@@H](C)C(O)CCC(C)C[C@@H](C)CC/C=C(CC)/C(O)=C/C(=O)O)=C1C. The van der Waals surface area contributed by atoms with Gasteiger partial charge in [0.05, 0.1) is 36.4 Å². The maximum atomic E-state index is 12.9. The van der Waals surface area contributed by atoms with E-state index in [0.29, 0.717) is 48.7 Å². The number of allylic oxidation sites excluding steroid dienone is 3. The summed E-state index contributed by atoms with van der Waals surface area (Å²) in [4.78, 5) is 48.0. The van der Waals surface area contributed by atoms with E-state index in [2.05, 4.69) is 20.4 Å². The predicted octanol–water partition coefficient (Wildman–Crippen LogP) is 5.09. The van der Waals surface area contributed by atoms with Crippen LogP contribution in [0.2, 0.25) is 0 Å². The molecule has 1 heterocycles. The Morgan fingerprint density at radius 2 is 1.54 bits per heavy atom. The van der Waals surface area contributed by atoms with Crippen molar-refractivity contribution in [2.24, 2.45) is 23.7 Å². The van der Waals surface area contributed by atoms with Crippen molar-refractivity contribution in [2.45, 2.75) is 124 Å². The van der Waals surface area contributed by atoms with Gasteiger partial charge in [-0.2, -0.15) is 0 Å². The smallest absolute Gasteiger partial charge is 0.342 e. The fourth-order valence-corrected chi connectivity index (χ4v) is 5.47. The summed E-state index contributed by atoms with van der Waals surface area (Å²) in [6, 6.07) is 0. The Labute approximate surface area is 272 Å². The number of carbonyl (C=O) groups is 4. The molecule has 0 amide bonds. The summed E-state index contributed by atoms with van der Waals surface area (Å²) in [6.45, 7) is 16.0. The third kappa shape index (κ3) is 13.2. The van der Waals surface area contributed by atoms with E-state index in [-0.39, 0.29) is 29.3 Å². The second-order valence-corrected chi connectivity index (χ2v) is 12.8. The van der Waals surface area contributed by atoms with Crippen LogP contribution in [-0.4, -0.2) is 73.6 Å². The number of Topliss-reactive ketones (excluding diaryl/α,β-unsaturated/α-hetero) is 1. The van der Waals surface area contributed by atoms with Gasteiger partial charge >= 0.3 is 17.9 Å². The van der Waals surface area contributed by atoms with Gasteiger partial charge in [0.15, 0.2) is 0 Å². The van der Waals surface area contributed by atoms with Gasteiger partial charge in [0.1, 0.15) is 23.4 Å². The molecule has 0 spiro atoms. The van der Waals surface area contributed by atoms with Crippen LogP contribution in [0.3, 0.4) is 0 Å². The summed E-state index contributed by atoms with van der Waals surface area (Å²) in [5, 5.41) is 50.5. The zero-order valence-electron chi connectivity index (χ0n) is 28.3. The van der Waals surface area contributed by atoms with Crippen molar-refractivity contribution in [3.8, 4) is 0 Å². The Kier molecular flexibility index (Phi) is 17.2. The normalized spacial score (nSPS) is 19.5. The van der Waals surface area contributed by atoms with Gasteiger partial charge in [-0.25, -0.2) is 9.59 Å². The minimum absolute atomic E-state index is 0.0471. The highest BCUT2D eigenvalue weighted by molar-refractivity contribution is 5.96. The highest BCUT2D eigenvalue weighted by Crippen LogP contribution is 2.29. The molecule has 0 fully saturated rings. The summed E-state index contributed by atoms with van der Waals surface area (Å²) < 4.78 is 10.2. The molecular weight excluding hydrogens is 596 g/mol. The summed E-state index contributed by atoms with van der Waals surface area (Å²) in [7, 11) is 0. The molecule has 260 valence electrons. The second-order valence-electron chi connectivity index (χ2n) is 12.8. The van der Waals surface area contributed by atoms with Crippen LogP contribution in [0.1, 0.15) is 99.8 Å². The maximum Gasteiger partial charge on any atom is 0.342 e. The first kappa shape index (κ1) is 40.7. The quantitative estimate of drug-likeness (QED) is 0.0481. The number of aliphatic hydroxyl groups is 4. The average molecular weight is 651 g/mol. The van der Waals surface area contributed by atoms with Crippen LogP contribution in [-0.2, 0) is 28.7 Å². The fourth-order valence-electron chi connectivity index (χ4n) is 5.47. The molecule has 11 heteroatoms. The molecule has 0 aromatic heterocycles. The molecule has 0 bridgehead atoms. The third-order valence-electron chi connectivity index (χ3n) is 8.89. The molecule has 0 aliphatic carbocycles. The Morgan fingerprint density at radius 3 is 2.09 bits per heavy atom. The van der Waals surface area contributed by atoms with E-state index in [1.54, 1.807) is 27.7 Å². The Bertz CT molecular complexity index is 1180. The molecule has 0 aromatic rings. The molecule has 1 aliphatic rings. The van der Waals surface area contributed by atoms with Crippen LogP contribution in [0, 0.1) is 23.7 Å². The number of carboxylic acid groups (broad SMARTS) is 1. The van der Waals surface area contributed by atoms with E-state index in [1.807, 2.05) is 13.0 Å². The Morgan fingerprint density at radius 1 is 0.935 bits per heavy atom. The van der Waals surface area contributed by atoms with Crippen molar-refractivity contribution >= 4 is 23.7 Å². The first-order valence-electron chi connectivity index (χ1n) is 16.1. The lowest BCUT2D eigenvalue weighted by Gasteiger charge is -2.27. The predicted molar refractivity (Wildman–Crippen MR) is 172 cm³/mol. The van der Waals surface area contributed by atoms with Gasteiger partial charge in [-0.1, -0.05) is 47.3 Å². The summed E-state index contributed by atoms with van der Waals surface area (Å²) >= 11 is 0. The molecule has 0 saturated heterocycles. The number of cyclic esters (lactones) is 1. The molecule has 1 rings (SSSR count). The summed E-state index contributed by atoms with van der Waals surface area (Å²) in [6.07, 6.45) is 1.85. The summed E-state index contributed by atoms with van der Waals surface area (Å²) in [5.41, 5.74) is 0.917. The van der Waals surface area contributed by atoms with Crippen molar-refractivity contribution in [1.29, 1.82) is 0 Å². The van der Waals surface area contributed by atoms with Crippen LogP contribution in [0.4, 0.5) is 0 Å². The lowest BCUT2D eigenvalue weighted by Crippen LogP contribution is -2.36. The van der Waals surface area contributed by atoms with Crippen molar-refractivity contribution in [1.82, 2.24) is 0 Å². The third-order valence-corrected chi connectivity index (χ3v) is 8.89. The molecule has 0 aromatic carbocycles. The van der Waals surface area contributed by atoms with Crippen LogP contribution in [0.15, 0.2) is 47.0 Å². The van der Waals surface area contributed by atoms with E-state index in [9.17, 15) is 39.6 Å². The van der Waals surface area contributed by atoms with Gasteiger partial charge < -0.3 is 35.0 Å². The molecule has 8 atom stereocenters. The van der Waals surface area contributed by atoms with Gasteiger partial charge in [-0.15, -0.1) is 0 Å². The van der Waals surface area contributed by atoms with Crippen molar-refractivity contribution in [3.63, 3.8) is 0 Å². The fraction of sp³-hybridized carbons (Fsp3) is 0.657. The molecular formula is C35H54O11. The topological polar surface area (TPSA) is 188 Å². The number of carbonyl (C=O) groups excluding carboxylic acids is 3. The Balaban J connectivity index is 2.50. The molecule has 4 unspecified atom stereocenters. The monoisotopic (exact) mass is 650 g/mol. The number of rotatable bonds is 21. The second kappa shape index (κ2) is 19.4. The molecule has 1 aliphatic heterocycles. The van der Waals surface area contributed by atoms with Crippen molar-refractivity contribution < 1.29 is 54.2 Å². The summed E-state index contributed by atoms with van der Waals surface area (Å²) in [5.74, 6) is -3.81. The van der Waals surface area contributed by atoms with Gasteiger partial charge in [0.25, 0.3) is 0 Å². The number of ketones is 1. The van der Waals surface area contributed by atoms with Gasteiger partial charge in [0.2, 0.25) is 0 Å². The van der Waals surface area contributed by atoms with Crippen molar-refractivity contribution in [2.75, 3.05) is 0 Å². The largest absolute Gasteiger partial charge is 0.507 e. The number of aliphatic carboxylic acids is 1. The first-order valence-corrected chi connectivity index (χ1v) is 16.1. The minimum atomic E-state index is -1.43. The van der Waals surface area contributed by atoms with Gasteiger partial charge in [0, 0.05) is 23.8 Å². The zero-order chi connectivity index (χ0) is 35.3. The van der Waals surface area contributed by atoms with Crippen LogP contribution in [0.5, 0.6) is 0 Å². The number of esters is 2.